The molecule has 0 spiro atoms. The van der Waals surface area contributed by atoms with Crippen LogP contribution in [-0.2, 0) is 0 Å². The summed E-state index contributed by atoms with van der Waals surface area (Å²) < 4.78 is 2.07. The molecule has 0 unspecified atom stereocenters. The Morgan fingerprint density at radius 3 is 2.75 bits per heavy atom. The lowest BCUT2D eigenvalue weighted by atomic mass is 9.95. The summed E-state index contributed by atoms with van der Waals surface area (Å²) in [5.74, 6) is 1.42. The summed E-state index contributed by atoms with van der Waals surface area (Å²) in [5.41, 5.74) is 2.49. The SMILES string of the molecule is N#Cc1cc(Cl)ccc1N1CCC(c2nnc3ccccn23)CC1. The average molecular weight is 338 g/mol. The van der Waals surface area contributed by atoms with Crippen LogP contribution < -0.4 is 4.90 Å². The molecule has 1 aliphatic heterocycles. The van der Waals surface area contributed by atoms with E-state index in [1.165, 1.54) is 0 Å². The average Bonchev–Trinajstić information content (AvgIpc) is 3.06. The first-order valence-corrected chi connectivity index (χ1v) is 8.38. The highest BCUT2D eigenvalue weighted by Crippen LogP contribution is 2.32. The molecule has 0 N–H and O–H groups in total. The van der Waals surface area contributed by atoms with Gasteiger partial charge in [-0.3, -0.25) is 4.40 Å². The van der Waals surface area contributed by atoms with E-state index in [-0.39, 0.29) is 0 Å². The van der Waals surface area contributed by atoms with E-state index in [4.69, 9.17) is 11.6 Å². The van der Waals surface area contributed by atoms with Crippen molar-refractivity contribution in [2.45, 2.75) is 18.8 Å². The van der Waals surface area contributed by atoms with Crippen molar-refractivity contribution < 1.29 is 0 Å². The molecule has 0 radical (unpaired) electrons. The van der Waals surface area contributed by atoms with Crippen LogP contribution in [0.25, 0.3) is 5.65 Å². The summed E-state index contributed by atoms with van der Waals surface area (Å²) in [6.07, 6.45) is 4.00. The lowest BCUT2D eigenvalue weighted by molar-refractivity contribution is 0.482. The van der Waals surface area contributed by atoms with E-state index in [9.17, 15) is 5.26 Å². The predicted octanol–water partition coefficient (Wildman–Crippen LogP) is 3.64. The first kappa shape index (κ1) is 15.0. The van der Waals surface area contributed by atoms with Crippen LogP contribution in [0.4, 0.5) is 5.69 Å². The highest BCUT2D eigenvalue weighted by atomic mass is 35.5. The number of nitrogens with zero attached hydrogens (tertiary/aromatic N) is 5. The molecule has 0 aliphatic carbocycles. The molecule has 1 aromatic carbocycles. The van der Waals surface area contributed by atoms with Crippen LogP contribution in [0.5, 0.6) is 0 Å². The third-order valence-corrected chi connectivity index (χ3v) is 4.86. The molecule has 3 heterocycles. The van der Waals surface area contributed by atoms with Crippen molar-refractivity contribution in [2.75, 3.05) is 18.0 Å². The van der Waals surface area contributed by atoms with E-state index < -0.39 is 0 Å². The number of hydrogen-bond acceptors (Lipinski definition) is 4. The van der Waals surface area contributed by atoms with Gasteiger partial charge in [-0.25, -0.2) is 0 Å². The van der Waals surface area contributed by atoms with Gasteiger partial charge in [-0.15, -0.1) is 10.2 Å². The first-order valence-electron chi connectivity index (χ1n) is 8.00. The van der Waals surface area contributed by atoms with Gasteiger partial charge >= 0.3 is 0 Å². The van der Waals surface area contributed by atoms with E-state index in [0.29, 0.717) is 16.5 Å². The van der Waals surface area contributed by atoms with E-state index in [1.807, 2.05) is 36.5 Å². The van der Waals surface area contributed by atoms with Crippen LogP contribution in [0, 0.1) is 11.3 Å². The second kappa shape index (κ2) is 6.14. The summed E-state index contributed by atoms with van der Waals surface area (Å²) in [7, 11) is 0. The summed E-state index contributed by atoms with van der Waals surface area (Å²) in [5, 5.41) is 18.6. The fraction of sp³-hybridized carbons (Fsp3) is 0.278. The highest BCUT2D eigenvalue weighted by molar-refractivity contribution is 6.30. The lowest BCUT2D eigenvalue weighted by Crippen LogP contribution is -2.33. The van der Waals surface area contributed by atoms with Crippen molar-refractivity contribution in [3.8, 4) is 6.07 Å². The standard InChI is InChI=1S/C18H16ClN5/c19-15-4-5-16(14(11-15)12-20)23-9-6-13(7-10-23)18-22-21-17-3-1-2-8-24(17)18/h1-5,8,11,13H,6-7,9-10H2. The Bertz CT molecular complexity index is 919. The monoisotopic (exact) mass is 337 g/mol. The largest absolute Gasteiger partial charge is 0.370 e. The smallest absolute Gasteiger partial charge is 0.160 e. The second-order valence-corrected chi connectivity index (χ2v) is 6.46. The minimum absolute atomic E-state index is 0.386. The normalized spacial score (nSPS) is 15.6. The Hall–Kier alpha value is -2.58. The fourth-order valence-corrected chi connectivity index (χ4v) is 3.56. The van der Waals surface area contributed by atoms with E-state index in [2.05, 4.69) is 25.6 Å². The number of benzene rings is 1. The van der Waals surface area contributed by atoms with Gasteiger partial charge in [0, 0.05) is 30.2 Å². The molecule has 1 aliphatic rings. The quantitative estimate of drug-likeness (QED) is 0.716. The highest BCUT2D eigenvalue weighted by Gasteiger charge is 2.25. The Morgan fingerprint density at radius 1 is 1.12 bits per heavy atom. The van der Waals surface area contributed by atoms with Gasteiger partial charge in [0.05, 0.1) is 11.3 Å². The Kier molecular flexibility index (Phi) is 3.83. The van der Waals surface area contributed by atoms with Crippen LogP contribution in [0.15, 0.2) is 42.6 Å². The maximum Gasteiger partial charge on any atom is 0.160 e. The first-order chi connectivity index (χ1) is 11.8. The number of hydrogen-bond donors (Lipinski definition) is 0. The molecular weight excluding hydrogens is 322 g/mol. The van der Waals surface area contributed by atoms with Gasteiger partial charge in [0.2, 0.25) is 0 Å². The number of nitriles is 1. The van der Waals surface area contributed by atoms with Crippen molar-refractivity contribution in [3.05, 3.63) is 59.0 Å². The fourth-order valence-electron chi connectivity index (χ4n) is 3.39. The van der Waals surface area contributed by atoms with Gasteiger partial charge in [-0.1, -0.05) is 17.7 Å². The van der Waals surface area contributed by atoms with E-state index >= 15 is 0 Å². The molecule has 120 valence electrons. The molecule has 0 atom stereocenters. The molecule has 2 aromatic heterocycles. The zero-order chi connectivity index (χ0) is 16.5. The van der Waals surface area contributed by atoms with Crippen LogP contribution in [0.2, 0.25) is 5.02 Å². The predicted molar refractivity (Wildman–Crippen MR) is 93.3 cm³/mol. The maximum atomic E-state index is 9.34. The van der Waals surface area contributed by atoms with Crippen molar-refractivity contribution in [2.24, 2.45) is 0 Å². The van der Waals surface area contributed by atoms with Crippen molar-refractivity contribution in [3.63, 3.8) is 0 Å². The molecular formula is C18H16ClN5. The molecule has 3 aromatic rings. The number of fused-ring (bicyclic) bond motifs is 1. The molecule has 1 saturated heterocycles. The Labute approximate surface area is 145 Å². The molecule has 5 nitrogen and oxygen atoms in total. The molecule has 0 amide bonds. The number of aromatic nitrogens is 3. The van der Waals surface area contributed by atoms with Gasteiger partial charge in [0.25, 0.3) is 0 Å². The van der Waals surface area contributed by atoms with Gasteiger partial charge < -0.3 is 4.90 Å². The van der Waals surface area contributed by atoms with Gasteiger partial charge in [0.15, 0.2) is 5.65 Å². The van der Waals surface area contributed by atoms with Crippen molar-refractivity contribution in [1.29, 1.82) is 5.26 Å². The molecule has 6 heteroatoms. The van der Waals surface area contributed by atoms with E-state index in [0.717, 1.165) is 43.1 Å². The Balaban J connectivity index is 1.54. The third-order valence-electron chi connectivity index (χ3n) is 4.62. The second-order valence-electron chi connectivity index (χ2n) is 6.02. The third kappa shape index (κ3) is 2.59. The minimum Gasteiger partial charge on any atom is -0.370 e. The summed E-state index contributed by atoms with van der Waals surface area (Å²) >= 11 is 5.99. The lowest BCUT2D eigenvalue weighted by Gasteiger charge is -2.33. The van der Waals surface area contributed by atoms with Gasteiger partial charge in [-0.05, 0) is 43.2 Å². The number of halogens is 1. The molecule has 0 saturated carbocycles. The maximum absolute atomic E-state index is 9.34. The topological polar surface area (TPSA) is 57.2 Å². The minimum atomic E-state index is 0.386. The van der Waals surface area contributed by atoms with Gasteiger partial charge in [-0.2, -0.15) is 5.26 Å². The Morgan fingerprint density at radius 2 is 1.96 bits per heavy atom. The summed E-state index contributed by atoms with van der Waals surface area (Å²) in [6.45, 7) is 1.78. The van der Waals surface area contributed by atoms with E-state index in [1.54, 1.807) is 6.07 Å². The zero-order valence-electron chi connectivity index (χ0n) is 13.1. The van der Waals surface area contributed by atoms with Gasteiger partial charge in [0.1, 0.15) is 11.9 Å². The van der Waals surface area contributed by atoms with Crippen LogP contribution >= 0.6 is 11.6 Å². The molecule has 0 bridgehead atoms. The number of rotatable bonds is 2. The van der Waals surface area contributed by atoms with Crippen LogP contribution in [-0.4, -0.2) is 27.7 Å². The number of piperidine rings is 1. The number of pyridine rings is 1. The summed E-state index contributed by atoms with van der Waals surface area (Å²) in [4.78, 5) is 2.26. The zero-order valence-corrected chi connectivity index (χ0v) is 13.8. The van der Waals surface area contributed by atoms with Crippen LogP contribution in [0.3, 0.4) is 0 Å². The van der Waals surface area contributed by atoms with Crippen molar-refractivity contribution >= 4 is 22.9 Å². The summed E-state index contributed by atoms with van der Waals surface area (Å²) in [6, 6.07) is 13.7. The van der Waals surface area contributed by atoms with Crippen molar-refractivity contribution in [1.82, 2.24) is 14.6 Å². The molecule has 4 rings (SSSR count). The molecule has 24 heavy (non-hydrogen) atoms. The number of anilines is 1. The molecule has 1 fully saturated rings. The van der Waals surface area contributed by atoms with Crippen LogP contribution in [0.1, 0.15) is 30.1 Å².